The van der Waals surface area contributed by atoms with Gasteiger partial charge in [0.25, 0.3) is 0 Å². The number of hydrogen-bond donors (Lipinski definition) is 2. The summed E-state index contributed by atoms with van der Waals surface area (Å²) < 4.78 is 8.40. The highest BCUT2D eigenvalue weighted by Crippen LogP contribution is 2.19. The topological polar surface area (TPSA) is 111 Å². The Kier molecular flexibility index (Phi) is 5.20. The van der Waals surface area contributed by atoms with Crippen molar-refractivity contribution in [2.45, 2.75) is 27.1 Å². The number of rotatable bonds is 7. The van der Waals surface area contributed by atoms with E-state index in [0.717, 1.165) is 21.6 Å². The molecule has 0 fully saturated rings. The normalized spacial score (nSPS) is 10.6. The number of carboxylic acid groups (broad SMARTS) is 1. The number of anilines is 1. The molecule has 0 aliphatic heterocycles. The fourth-order valence-corrected chi connectivity index (χ4v) is 2.57. The Morgan fingerprint density at radius 1 is 1.22 bits per heavy atom. The molecule has 1 amide bonds. The minimum Gasteiger partial charge on any atom is -0.477 e. The van der Waals surface area contributed by atoms with Crippen molar-refractivity contribution in [2.24, 2.45) is 0 Å². The average molecular weight is 369 g/mol. The standard InChI is InChI=1S/C18H19N5O4/c1-12-3-4-16(13(2)7-12)27-11-22-9-14(8-20-22)21-17(24)10-23-15(18(25)26)5-6-19-23/h3-9H,10-11H2,1-2H3,(H,21,24)(H,25,26). The van der Waals surface area contributed by atoms with Crippen molar-refractivity contribution in [3.8, 4) is 5.75 Å². The number of benzene rings is 1. The highest BCUT2D eigenvalue weighted by molar-refractivity contribution is 5.91. The summed E-state index contributed by atoms with van der Waals surface area (Å²) in [5, 5.41) is 19.7. The number of carbonyl (C=O) groups is 2. The van der Waals surface area contributed by atoms with Gasteiger partial charge in [0.2, 0.25) is 5.91 Å². The van der Waals surface area contributed by atoms with Crippen LogP contribution < -0.4 is 10.1 Å². The predicted molar refractivity (Wildman–Crippen MR) is 96.6 cm³/mol. The van der Waals surface area contributed by atoms with Crippen LogP contribution in [0.4, 0.5) is 5.69 Å². The number of aromatic carboxylic acids is 1. The molecule has 0 saturated carbocycles. The molecule has 1 aromatic carbocycles. The summed E-state index contributed by atoms with van der Waals surface area (Å²) in [5.41, 5.74) is 2.62. The minimum absolute atomic E-state index is 0.0530. The number of nitrogens with one attached hydrogen (secondary N) is 1. The molecule has 27 heavy (non-hydrogen) atoms. The number of ether oxygens (including phenoxy) is 1. The zero-order valence-corrected chi connectivity index (χ0v) is 14.9. The molecule has 0 bridgehead atoms. The van der Waals surface area contributed by atoms with Gasteiger partial charge < -0.3 is 15.2 Å². The lowest BCUT2D eigenvalue weighted by molar-refractivity contribution is -0.116. The summed E-state index contributed by atoms with van der Waals surface area (Å²) in [6, 6.07) is 7.24. The summed E-state index contributed by atoms with van der Waals surface area (Å²) in [7, 11) is 0. The lowest BCUT2D eigenvalue weighted by atomic mass is 10.1. The summed E-state index contributed by atoms with van der Waals surface area (Å²) in [5.74, 6) is -0.783. The van der Waals surface area contributed by atoms with E-state index >= 15 is 0 Å². The summed E-state index contributed by atoms with van der Waals surface area (Å²) in [6.07, 6.45) is 4.45. The second-order valence-corrected chi connectivity index (χ2v) is 6.04. The monoisotopic (exact) mass is 369 g/mol. The first kappa shape index (κ1) is 18.2. The first-order valence-corrected chi connectivity index (χ1v) is 8.20. The Morgan fingerprint density at radius 3 is 2.78 bits per heavy atom. The molecule has 0 radical (unpaired) electrons. The van der Waals surface area contributed by atoms with Crippen LogP contribution in [0.15, 0.2) is 42.9 Å². The first-order chi connectivity index (χ1) is 12.9. The van der Waals surface area contributed by atoms with Crippen LogP contribution >= 0.6 is 0 Å². The molecule has 0 aliphatic carbocycles. The Morgan fingerprint density at radius 2 is 2.04 bits per heavy atom. The maximum Gasteiger partial charge on any atom is 0.354 e. The van der Waals surface area contributed by atoms with Crippen LogP contribution in [0, 0.1) is 13.8 Å². The largest absolute Gasteiger partial charge is 0.477 e. The van der Waals surface area contributed by atoms with E-state index in [4.69, 9.17) is 9.84 Å². The van der Waals surface area contributed by atoms with Crippen LogP contribution in [0.5, 0.6) is 5.75 Å². The molecule has 0 saturated heterocycles. The van der Waals surface area contributed by atoms with Crippen LogP contribution in [0.1, 0.15) is 21.6 Å². The van der Waals surface area contributed by atoms with Crippen LogP contribution in [0.25, 0.3) is 0 Å². The van der Waals surface area contributed by atoms with E-state index in [9.17, 15) is 9.59 Å². The average Bonchev–Trinajstić information content (AvgIpc) is 3.23. The maximum absolute atomic E-state index is 12.1. The Labute approximate surface area is 155 Å². The molecule has 2 N–H and O–H groups in total. The number of aromatic nitrogens is 4. The molecule has 0 unspecified atom stereocenters. The fraction of sp³-hybridized carbons (Fsp3) is 0.222. The second-order valence-electron chi connectivity index (χ2n) is 6.04. The van der Waals surface area contributed by atoms with Crippen molar-refractivity contribution in [3.05, 3.63) is 59.7 Å². The van der Waals surface area contributed by atoms with E-state index in [0.29, 0.717) is 5.69 Å². The summed E-state index contributed by atoms with van der Waals surface area (Å²) in [4.78, 5) is 23.1. The molecular formula is C18H19N5O4. The zero-order valence-electron chi connectivity index (χ0n) is 14.9. The summed E-state index contributed by atoms with van der Waals surface area (Å²) >= 11 is 0. The Bertz CT molecular complexity index is 976. The third kappa shape index (κ3) is 4.51. The van der Waals surface area contributed by atoms with Gasteiger partial charge in [-0.25, -0.2) is 14.2 Å². The molecule has 3 aromatic rings. The number of hydrogen-bond acceptors (Lipinski definition) is 5. The van der Waals surface area contributed by atoms with Gasteiger partial charge >= 0.3 is 5.97 Å². The van der Waals surface area contributed by atoms with Crippen molar-refractivity contribution in [1.29, 1.82) is 0 Å². The molecule has 2 aromatic heterocycles. The molecule has 2 heterocycles. The van der Waals surface area contributed by atoms with Crippen molar-refractivity contribution < 1.29 is 19.4 Å². The van der Waals surface area contributed by atoms with Gasteiger partial charge in [0, 0.05) is 6.20 Å². The molecule has 3 rings (SSSR count). The quantitative estimate of drug-likeness (QED) is 0.659. The molecular weight excluding hydrogens is 350 g/mol. The Hall–Kier alpha value is -3.62. The van der Waals surface area contributed by atoms with E-state index < -0.39 is 11.9 Å². The first-order valence-electron chi connectivity index (χ1n) is 8.20. The minimum atomic E-state index is -1.14. The fourth-order valence-electron chi connectivity index (χ4n) is 2.57. The number of nitrogens with zero attached hydrogens (tertiary/aromatic N) is 4. The van der Waals surface area contributed by atoms with Crippen LogP contribution in [0.3, 0.4) is 0 Å². The summed E-state index contributed by atoms with van der Waals surface area (Å²) in [6.45, 7) is 3.97. The van der Waals surface area contributed by atoms with Gasteiger partial charge in [-0.1, -0.05) is 17.7 Å². The van der Waals surface area contributed by atoms with Crippen molar-refractivity contribution >= 4 is 17.6 Å². The smallest absolute Gasteiger partial charge is 0.354 e. The molecule has 9 nitrogen and oxygen atoms in total. The predicted octanol–water partition coefficient (Wildman–Crippen LogP) is 2.07. The van der Waals surface area contributed by atoms with E-state index in [-0.39, 0.29) is 19.0 Å². The van der Waals surface area contributed by atoms with Gasteiger partial charge in [0.15, 0.2) is 6.73 Å². The van der Waals surface area contributed by atoms with E-state index in [1.54, 1.807) is 10.9 Å². The Balaban J connectivity index is 1.56. The molecule has 9 heteroatoms. The van der Waals surface area contributed by atoms with E-state index in [1.165, 1.54) is 18.5 Å². The molecule has 0 spiro atoms. The molecule has 0 atom stereocenters. The van der Waals surface area contributed by atoms with Gasteiger partial charge in [0.05, 0.1) is 18.1 Å². The third-order valence-corrected chi connectivity index (χ3v) is 3.83. The van der Waals surface area contributed by atoms with Crippen molar-refractivity contribution in [1.82, 2.24) is 19.6 Å². The zero-order chi connectivity index (χ0) is 19.4. The number of aryl methyl sites for hydroxylation is 2. The molecule has 0 aliphatic rings. The SMILES string of the molecule is Cc1ccc(OCn2cc(NC(=O)Cn3nccc3C(=O)O)cn2)c(C)c1. The van der Waals surface area contributed by atoms with Crippen molar-refractivity contribution in [3.63, 3.8) is 0 Å². The second kappa shape index (κ2) is 7.73. The van der Waals surface area contributed by atoms with Gasteiger partial charge in [0.1, 0.15) is 18.0 Å². The number of carbonyl (C=O) groups excluding carboxylic acids is 1. The van der Waals surface area contributed by atoms with Crippen LogP contribution in [-0.4, -0.2) is 36.5 Å². The van der Waals surface area contributed by atoms with Gasteiger partial charge in [-0.2, -0.15) is 10.2 Å². The maximum atomic E-state index is 12.1. The third-order valence-electron chi connectivity index (χ3n) is 3.83. The van der Waals surface area contributed by atoms with E-state index in [1.807, 2.05) is 32.0 Å². The lowest BCUT2D eigenvalue weighted by Crippen LogP contribution is -2.22. The lowest BCUT2D eigenvalue weighted by Gasteiger charge is -2.09. The van der Waals surface area contributed by atoms with Gasteiger partial charge in [-0.15, -0.1) is 0 Å². The van der Waals surface area contributed by atoms with Crippen molar-refractivity contribution in [2.75, 3.05) is 5.32 Å². The van der Waals surface area contributed by atoms with Gasteiger partial charge in [-0.3, -0.25) is 4.79 Å². The number of amides is 1. The van der Waals surface area contributed by atoms with Gasteiger partial charge in [-0.05, 0) is 31.5 Å². The van der Waals surface area contributed by atoms with Crippen LogP contribution in [-0.2, 0) is 18.1 Å². The van der Waals surface area contributed by atoms with Crippen LogP contribution in [0.2, 0.25) is 0 Å². The van der Waals surface area contributed by atoms with E-state index in [2.05, 4.69) is 15.5 Å². The molecule has 140 valence electrons. The highest BCUT2D eigenvalue weighted by atomic mass is 16.5. The highest BCUT2D eigenvalue weighted by Gasteiger charge is 2.13. The number of carboxylic acids is 1.